The molecular formula is C29H46O2. The summed E-state index contributed by atoms with van der Waals surface area (Å²) in [6, 6.07) is 0. The molecule has 174 valence electrons. The normalized spacial score (nSPS) is 42.0. The Hall–Kier alpha value is -0.920. The van der Waals surface area contributed by atoms with Crippen molar-refractivity contribution in [3.63, 3.8) is 0 Å². The maximum Gasteiger partial charge on any atom is 0.159 e. The third-order valence-corrected chi connectivity index (χ3v) is 11.0. The molecule has 2 heteroatoms. The quantitative estimate of drug-likeness (QED) is 0.443. The van der Waals surface area contributed by atoms with E-state index in [2.05, 4.69) is 41.5 Å². The Balaban J connectivity index is 1.52. The minimum absolute atomic E-state index is 0.0510. The summed E-state index contributed by atoms with van der Waals surface area (Å²) in [5, 5.41) is 0. The van der Waals surface area contributed by atoms with Gasteiger partial charge in [-0.1, -0.05) is 54.4 Å². The van der Waals surface area contributed by atoms with Gasteiger partial charge in [0.1, 0.15) is 0 Å². The van der Waals surface area contributed by atoms with Crippen LogP contribution in [0.5, 0.6) is 0 Å². The van der Waals surface area contributed by atoms with E-state index in [1.807, 2.05) is 0 Å². The van der Waals surface area contributed by atoms with Crippen molar-refractivity contribution in [2.75, 3.05) is 0 Å². The molecule has 0 aromatic carbocycles. The van der Waals surface area contributed by atoms with E-state index in [9.17, 15) is 9.59 Å². The number of hydrogen-bond donors (Lipinski definition) is 0. The van der Waals surface area contributed by atoms with Crippen LogP contribution in [0.1, 0.15) is 106 Å². The molecular weight excluding hydrogens is 380 g/mol. The van der Waals surface area contributed by atoms with Gasteiger partial charge in [-0.25, -0.2) is 0 Å². The largest absolute Gasteiger partial charge is 0.295 e. The van der Waals surface area contributed by atoms with Gasteiger partial charge in [0.2, 0.25) is 0 Å². The van der Waals surface area contributed by atoms with Gasteiger partial charge in [-0.05, 0) is 96.9 Å². The molecule has 0 spiro atoms. The molecule has 0 amide bonds. The van der Waals surface area contributed by atoms with Crippen LogP contribution in [0.2, 0.25) is 0 Å². The topological polar surface area (TPSA) is 34.1 Å². The lowest BCUT2D eigenvalue weighted by Gasteiger charge is -2.57. The molecule has 0 N–H and O–H groups in total. The van der Waals surface area contributed by atoms with Gasteiger partial charge in [-0.15, -0.1) is 0 Å². The maximum absolute atomic E-state index is 13.2. The Kier molecular flexibility index (Phi) is 6.34. The van der Waals surface area contributed by atoms with Gasteiger partial charge in [-0.2, -0.15) is 0 Å². The molecule has 8 atom stereocenters. The number of hydrogen-bond acceptors (Lipinski definition) is 2. The highest BCUT2D eigenvalue weighted by Crippen LogP contribution is 2.67. The van der Waals surface area contributed by atoms with Crippen molar-refractivity contribution in [1.29, 1.82) is 0 Å². The molecule has 0 unspecified atom stereocenters. The first-order chi connectivity index (χ1) is 14.6. The Bertz CT molecular complexity index is 748. The zero-order chi connectivity index (χ0) is 22.6. The number of carbonyl (C=O) groups excluding carboxylic acids is 2. The van der Waals surface area contributed by atoms with Crippen LogP contribution in [0.15, 0.2) is 11.6 Å². The van der Waals surface area contributed by atoms with Crippen LogP contribution in [0, 0.1) is 52.3 Å². The van der Waals surface area contributed by atoms with E-state index < -0.39 is 0 Å². The lowest BCUT2D eigenvalue weighted by Crippen LogP contribution is -2.53. The summed E-state index contributed by atoms with van der Waals surface area (Å²) in [7, 11) is 0. The summed E-state index contributed by atoms with van der Waals surface area (Å²) >= 11 is 0. The third kappa shape index (κ3) is 3.78. The number of carbonyl (C=O) groups is 2. The van der Waals surface area contributed by atoms with E-state index in [4.69, 9.17) is 0 Å². The van der Waals surface area contributed by atoms with Crippen LogP contribution in [0.4, 0.5) is 0 Å². The fraction of sp³-hybridized carbons (Fsp3) is 0.862. The number of ketones is 2. The van der Waals surface area contributed by atoms with Gasteiger partial charge in [-0.3, -0.25) is 9.59 Å². The van der Waals surface area contributed by atoms with Crippen LogP contribution in [-0.4, -0.2) is 11.6 Å². The van der Waals surface area contributed by atoms with Crippen molar-refractivity contribution in [1.82, 2.24) is 0 Å². The molecule has 2 nitrogen and oxygen atoms in total. The van der Waals surface area contributed by atoms with E-state index in [0.29, 0.717) is 41.8 Å². The lowest BCUT2D eigenvalue weighted by molar-refractivity contribution is -0.131. The second-order valence-corrected chi connectivity index (χ2v) is 12.6. The van der Waals surface area contributed by atoms with Crippen molar-refractivity contribution < 1.29 is 9.59 Å². The number of fused-ring (bicyclic) bond motifs is 5. The zero-order valence-corrected chi connectivity index (χ0v) is 21.0. The maximum atomic E-state index is 13.2. The van der Waals surface area contributed by atoms with Crippen molar-refractivity contribution in [2.45, 2.75) is 106 Å². The smallest absolute Gasteiger partial charge is 0.159 e. The van der Waals surface area contributed by atoms with Crippen molar-refractivity contribution in [2.24, 2.45) is 52.3 Å². The van der Waals surface area contributed by atoms with Crippen LogP contribution in [0.25, 0.3) is 0 Å². The monoisotopic (exact) mass is 426 g/mol. The molecule has 3 saturated carbocycles. The fourth-order valence-electron chi connectivity index (χ4n) is 9.05. The third-order valence-electron chi connectivity index (χ3n) is 11.0. The van der Waals surface area contributed by atoms with E-state index >= 15 is 0 Å². The second-order valence-electron chi connectivity index (χ2n) is 12.6. The van der Waals surface area contributed by atoms with Gasteiger partial charge in [0.05, 0.1) is 0 Å². The summed E-state index contributed by atoms with van der Waals surface area (Å²) in [6.07, 6.45) is 13.2. The van der Waals surface area contributed by atoms with E-state index in [0.717, 1.165) is 35.7 Å². The lowest BCUT2D eigenvalue weighted by atomic mass is 9.46. The molecule has 0 aromatic rings. The van der Waals surface area contributed by atoms with Crippen LogP contribution < -0.4 is 0 Å². The highest BCUT2D eigenvalue weighted by molar-refractivity contribution is 6.05. The number of allylic oxidation sites excluding steroid dienone is 1. The van der Waals surface area contributed by atoms with Crippen LogP contribution >= 0.6 is 0 Å². The van der Waals surface area contributed by atoms with Crippen molar-refractivity contribution in [3.8, 4) is 0 Å². The van der Waals surface area contributed by atoms with Gasteiger partial charge >= 0.3 is 0 Å². The molecule has 4 rings (SSSR count). The van der Waals surface area contributed by atoms with Gasteiger partial charge in [0.15, 0.2) is 11.6 Å². The van der Waals surface area contributed by atoms with Gasteiger partial charge < -0.3 is 0 Å². The summed E-state index contributed by atoms with van der Waals surface area (Å²) in [6.45, 7) is 14.5. The minimum Gasteiger partial charge on any atom is -0.295 e. The summed E-state index contributed by atoms with van der Waals surface area (Å²) in [4.78, 5) is 25.3. The Labute approximate surface area is 191 Å². The highest BCUT2D eigenvalue weighted by atomic mass is 16.1. The minimum atomic E-state index is -0.0510. The van der Waals surface area contributed by atoms with E-state index in [1.54, 1.807) is 6.08 Å². The molecule has 0 aliphatic heterocycles. The Morgan fingerprint density at radius 1 is 1.00 bits per heavy atom. The summed E-state index contributed by atoms with van der Waals surface area (Å²) in [5.74, 6) is 5.55. The Morgan fingerprint density at radius 3 is 2.42 bits per heavy atom. The molecule has 4 aliphatic rings. The first-order valence-corrected chi connectivity index (χ1v) is 13.4. The first-order valence-electron chi connectivity index (χ1n) is 13.4. The fourth-order valence-corrected chi connectivity index (χ4v) is 9.05. The Morgan fingerprint density at radius 2 is 1.74 bits per heavy atom. The molecule has 0 bridgehead atoms. The van der Waals surface area contributed by atoms with Crippen LogP contribution in [-0.2, 0) is 9.59 Å². The average molecular weight is 427 g/mol. The second kappa shape index (κ2) is 8.45. The molecule has 0 aromatic heterocycles. The predicted molar refractivity (Wildman–Crippen MR) is 128 cm³/mol. The molecule has 0 radical (unpaired) electrons. The SMILES string of the molecule is CC[C@@H](CC[C@@H](C)[C@H]1CC[C@H]2[C@@H]3CC(=O)C4=CC(=O)CC[C@@]4(C)[C@@H]3CC[C@@]12C)C(C)C. The van der Waals surface area contributed by atoms with E-state index in [1.165, 1.54) is 44.9 Å². The predicted octanol–water partition coefficient (Wildman–Crippen LogP) is 7.41. The van der Waals surface area contributed by atoms with Gasteiger partial charge in [0, 0.05) is 18.4 Å². The van der Waals surface area contributed by atoms with Crippen molar-refractivity contribution >= 4 is 11.6 Å². The zero-order valence-electron chi connectivity index (χ0n) is 21.0. The molecule has 4 aliphatic carbocycles. The highest BCUT2D eigenvalue weighted by Gasteiger charge is 2.61. The first kappa shape index (κ1) is 23.2. The number of rotatable bonds is 6. The van der Waals surface area contributed by atoms with Crippen LogP contribution in [0.3, 0.4) is 0 Å². The molecule has 0 heterocycles. The molecule has 0 saturated heterocycles. The molecule has 3 fully saturated rings. The summed E-state index contributed by atoms with van der Waals surface area (Å²) in [5.41, 5.74) is 1.24. The number of Topliss-reactive ketones (excluding diaryl/α,β-unsaturated/α-hetero) is 1. The van der Waals surface area contributed by atoms with Gasteiger partial charge in [0.25, 0.3) is 0 Å². The standard InChI is InChI=1S/C29H46O2/c1-7-20(18(2)3)9-8-19(4)23-10-11-24-22-17-27(31)26-16-21(30)12-14-29(26,6)25(22)13-15-28(23,24)5/h16,18-20,22-25H,7-15,17H2,1-6H3/t19-,20+,22+,23-,24+,25-,28+,29+/m1/s1. The average Bonchev–Trinajstić information content (AvgIpc) is 3.07. The summed E-state index contributed by atoms with van der Waals surface area (Å²) < 4.78 is 0. The van der Waals surface area contributed by atoms with Crippen molar-refractivity contribution in [3.05, 3.63) is 11.6 Å². The molecule has 31 heavy (non-hydrogen) atoms. The van der Waals surface area contributed by atoms with E-state index in [-0.39, 0.29) is 11.2 Å².